The van der Waals surface area contributed by atoms with Crippen molar-refractivity contribution in [2.75, 3.05) is 0 Å². The zero-order valence-corrected chi connectivity index (χ0v) is 16.1. The lowest BCUT2D eigenvalue weighted by Gasteiger charge is -2.14. The Kier molecular flexibility index (Phi) is 5.38. The van der Waals surface area contributed by atoms with Crippen LogP contribution in [0.1, 0.15) is 0 Å². The van der Waals surface area contributed by atoms with E-state index in [0.717, 1.165) is 16.5 Å². The maximum Gasteiger partial charge on any atom is 0.584 e. The van der Waals surface area contributed by atoms with Crippen LogP contribution in [0.25, 0.3) is 10.8 Å². The Morgan fingerprint density at radius 3 is 1.90 bits per heavy atom. The van der Waals surface area contributed by atoms with Gasteiger partial charge in [0.1, 0.15) is 11.5 Å². The second-order valence-corrected chi connectivity index (χ2v) is 7.49. The molecule has 144 valence electrons. The molecule has 0 radical (unpaired) electrons. The van der Waals surface area contributed by atoms with E-state index in [1.54, 1.807) is 24.3 Å². The number of azo groups is 1. The molecule has 4 aromatic carbocycles. The van der Waals surface area contributed by atoms with Crippen molar-refractivity contribution in [2.45, 2.75) is 0 Å². The summed E-state index contributed by atoms with van der Waals surface area (Å²) in [5.74, 6) is 0.443. The SMILES string of the molecule is O=P(O)(Oc1ccc(N=Nc2ccccc2)cc1)Oc1ccc2ccccc2c1. The lowest BCUT2D eigenvalue weighted by molar-refractivity contribution is 0.291. The first-order valence-electron chi connectivity index (χ1n) is 8.85. The van der Waals surface area contributed by atoms with Crippen LogP contribution in [0.2, 0.25) is 0 Å². The largest absolute Gasteiger partial charge is 0.584 e. The molecule has 0 amide bonds. The molecule has 0 aliphatic rings. The van der Waals surface area contributed by atoms with Crippen LogP contribution in [0.15, 0.2) is 107 Å². The van der Waals surface area contributed by atoms with E-state index in [2.05, 4.69) is 10.2 Å². The highest BCUT2D eigenvalue weighted by molar-refractivity contribution is 7.48. The molecule has 6 nitrogen and oxygen atoms in total. The first-order chi connectivity index (χ1) is 14.1. The third-order valence-corrected chi connectivity index (χ3v) is 4.92. The van der Waals surface area contributed by atoms with Gasteiger partial charge < -0.3 is 9.05 Å². The molecule has 0 saturated carbocycles. The quantitative estimate of drug-likeness (QED) is 0.283. The average molecular weight is 404 g/mol. The van der Waals surface area contributed by atoms with E-state index in [1.807, 2.05) is 60.7 Å². The third kappa shape index (κ3) is 5.08. The standard InChI is InChI=1S/C22H17N2O4P/c25-29(26,28-22-13-10-17-6-4-5-7-18(17)16-22)27-21-14-11-20(12-15-21)24-23-19-8-2-1-3-9-19/h1-16H,(H,25,26). The second kappa shape index (κ2) is 8.27. The van der Waals surface area contributed by atoms with Gasteiger partial charge in [-0.3, -0.25) is 4.89 Å². The molecule has 0 heterocycles. The van der Waals surface area contributed by atoms with E-state index in [-0.39, 0.29) is 11.5 Å². The minimum absolute atomic E-state index is 0.190. The summed E-state index contributed by atoms with van der Waals surface area (Å²) in [6, 6.07) is 28.5. The summed E-state index contributed by atoms with van der Waals surface area (Å²) >= 11 is 0. The van der Waals surface area contributed by atoms with Crippen LogP contribution < -0.4 is 9.05 Å². The van der Waals surface area contributed by atoms with Gasteiger partial charge in [-0.15, -0.1) is 0 Å². The van der Waals surface area contributed by atoms with E-state index in [9.17, 15) is 9.46 Å². The topological polar surface area (TPSA) is 80.5 Å². The zero-order valence-electron chi connectivity index (χ0n) is 15.3. The molecule has 0 spiro atoms. The van der Waals surface area contributed by atoms with Crippen molar-refractivity contribution in [1.29, 1.82) is 0 Å². The van der Waals surface area contributed by atoms with E-state index in [4.69, 9.17) is 9.05 Å². The minimum Gasteiger partial charge on any atom is -0.395 e. The molecule has 0 fully saturated rings. The number of benzene rings is 4. The molecule has 7 heteroatoms. The number of phosphoric acid groups is 1. The van der Waals surface area contributed by atoms with Crippen LogP contribution in [0.5, 0.6) is 11.5 Å². The van der Waals surface area contributed by atoms with Crippen LogP contribution >= 0.6 is 7.82 Å². The molecule has 4 aromatic rings. The predicted molar refractivity (Wildman–Crippen MR) is 112 cm³/mol. The normalized spacial score (nSPS) is 13.3. The van der Waals surface area contributed by atoms with Crippen molar-refractivity contribution in [3.05, 3.63) is 97.1 Å². The number of rotatable bonds is 6. The van der Waals surface area contributed by atoms with Crippen LogP contribution in [-0.4, -0.2) is 4.89 Å². The van der Waals surface area contributed by atoms with Crippen molar-refractivity contribution in [1.82, 2.24) is 0 Å². The van der Waals surface area contributed by atoms with Gasteiger partial charge in [-0.25, -0.2) is 4.57 Å². The van der Waals surface area contributed by atoms with Gasteiger partial charge in [-0.1, -0.05) is 48.5 Å². The molecule has 0 bridgehead atoms. The molecular formula is C22H17N2O4P. The monoisotopic (exact) mass is 404 g/mol. The molecule has 0 aromatic heterocycles. The lowest BCUT2D eigenvalue weighted by atomic mass is 10.1. The summed E-state index contributed by atoms with van der Waals surface area (Å²) in [7, 11) is -4.35. The van der Waals surface area contributed by atoms with E-state index in [0.29, 0.717) is 5.69 Å². The summed E-state index contributed by atoms with van der Waals surface area (Å²) in [5, 5.41) is 10.1. The molecule has 0 aliphatic carbocycles. The first-order valence-corrected chi connectivity index (χ1v) is 10.3. The summed E-state index contributed by atoms with van der Waals surface area (Å²) < 4.78 is 22.7. The highest BCUT2D eigenvalue weighted by Gasteiger charge is 2.25. The van der Waals surface area contributed by atoms with E-state index < -0.39 is 7.82 Å². The summed E-state index contributed by atoms with van der Waals surface area (Å²) in [6.45, 7) is 0. The van der Waals surface area contributed by atoms with Gasteiger partial charge in [0.2, 0.25) is 0 Å². The molecule has 0 saturated heterocycles. The molecule has 1 N–H and O–H groups in total. The van der Waals surface area contributed by atoms with Gasteiger partial charge >= 0.3 is 7.82 Å². The minimum atomic E-state index is -4.35. The molecule has 4 rings (SSSR count). The van der Waals surface area contributed by atoms with Gasteiger partial charge in [0.05, 0.1) is 11.4 Å². The van der Waals surface area contributed by atoms with Crippen LogP contribution in [0.4, 0.5) is 11.4 Å². The van der Waals surface area contributed by atoms with Crippen molar-refractivity contribution < 1.29 is 18.5 Å². The van der Waals surface area contributed by atoms with E-state index in [1.165, 1.54) is 12.1 Å². The summed E-state index contributed by atoms with van der Waals surface area (Å²) in [4.78, 5) is 10.1. The number of hydrogen-bond acceptors (Lipinski definition) is 5. The lowest BCUT2D eigenvalue weighted by Crippen LogP contribution is -1.99. The van der Waals surface area contributed by atoms with Crippen molar-refractivity contribution >= 4 is 30.0 Å². The fraction of sp³-hybridized carbons (Fsp3) is 0. The van der Waals surface area contributed by atoms with Crippen molar-refractivity contribution in [3.8, 4) is 11.5 Å². The maximum absolute atomic E-state index is 12.4. The Hall–Kier alpha value is -3.47. The van der Waals surface area contributed by atoms with E-state index >= 15 is 0 Å². The summed E-state index contributed by atoms with van der Waals surface area (Å²) in [5.41, 5.74) is 1.32. The van der Waals surface area contributed by atoms with Gasteiger partial charge in [0.15, 0.2) is 0 Å². The number of fused-ring (bicyclic) bond motifs is 1. The number of nitrogens with zero attached hydrogens (tertiary/aromatic N) is 2. The molecule has 29 heavy (non-hydrogen) atoms. The third-order valence-electron chi connectivity index (χ3n) is 4.04. The average Bonchev–Trinajstić information content (AvgIpc) is 2.73. The number of hydrogen-bond donors (Lipinski definition) is 1. The van der Waals surface area contributed by atoms with Crippen molar-refractivity contribution in [2.24, 2.45) is 10.2 Å². The molecule has 0 aliphatic heterocycles. The number of phosphoric ester groups is 1. The molecule has 1 atom stereocenters. The van der Waals surface area contributed by atoms with Crippen LogP contribution in [0, 0.1) is 0 Å². The first kappa shape index (κ1) is 18.9. The van der Waals surface area contributed by atoms with Gasteiger partial charge in [-0.2, -0.15) is 10.2 Å². The van der Waals surface area contributed by atoms with Gasteiger partial charge in [0, 0.05) is 0 Å². The Bertz CT molecular complexity index is 1190. The van der Waals surface area contributed by atoms with Crippen LogP contribution in [-0.2, 0) is 4.57 Å². The predicted octanol–water partition coefficient (Wildman–Crippen LogP) is 6.81. The maximum atomic E-state index is 12.4. The second-order valence-electron chi connectivity index (χ2n) is 6.19. The Labute approximate surface area is 167 Å². The van der Waals surface area contributed by atoms with Crippen molar-refractivity contribution in [3.63, 3.8) is 0 Å². The Morgan fingerprint density at radius 1 is 0.621 bits per heavy atom. The zero-order chi connectivity index (χ0) is 20.1. The fourth-order valence-electron chi connectivity index (χ4n) is 2.69. The Balaban J connectivity index is 1.43. The summed E-state index contributed by atoms with van der Waals surface area (Å²) in [6.07, 6.45) is 0. The van der Waals surface area contributed by atoms with Gasteiger partial charge in [-0.05, 0) is 59.3 Å². The van der Waals surface area contributed by atoms with Gasteiger partial charge in [0.25, 0.3) is 0 Å². The molecule has 1 unspecified atom stereocenters. The fourth-order valence-corrected chi connectivity index (χ4v) is 3.50. The smallest absolute Gasteiger partial charge is 0.395 e. The highest BCUT2D eigenvalue weighted by Crippen LogP contribution is 2.45. The highest BCUT2D eigenvalue weighted by atomic mass is 31.2. The van der Waals surface area contributed by atoms with Crippen LogP contribution in [0.3, 0.4) is 0 Å². The molecular weight excluding hydrogens is 387 g/mol. The Morgan fingerprint density at radius 2 is 1.17 bits per heavy atom.